The van der Waals surface area contributed by atoms with Crippen LogP contribution in [0.2, 0.25) is 0 Å². The van der Waals surface area contributed by atoms with Crippen LogP contribution in [0.5, 0.6) is 0 Å². The lowest BCUT2D eigenvalue weighted by Gasteiger charge is -2.16. The molecule has 0 heterocycles. The maximum atomic E-state index is 5.43. The second-order valence-electron chi connectivity index (χ2n) is 2.13. The van der Waals surface area contributed by atoms with Gasteiger partial charge in [-0.25, -0.2) is 0 Å². The summed E-state index contributed by atoms with van der Waals surface area (Å²) in [4.78, 5) is 0. The number of hydrogen-bond donors (Lipinski definition) is 3. The van der Waals surface area contributed by atoms with Gasteiger partial charge in [0, 0.05) is 5.75 Å². The smallest absolute Gasteiger partial charge is 0.0616 e. The number of rotatable bonds is 3. The molecule has 0 aliphatic rings. The van der Waals surface area contributed by atoms with Gasteiger partial charge in [0.25, 0.3) is 0 Å². The molecule has 8 heavy (non-hydrogen) atoms. The zero-order chi connectivity index (χ0) is 6.62. The van der Waals surface area contributed by atoms with Crippen molar-refractivity contribution < 1.29 is 0 Å². The third-order valence-electron chi connectivity index (χ3n) is 0.759. The molecule has 4 heteroatoms. The summed E-state index contributed by atoms with van der Waals surface area (Å²) in [6.45, 7) is 1.78. The van der Waals surface area contributed by atoms with Crippen LogP contribution < -0.4 is 16.6 Å². The average Bonchev–Trinajstić information content (AvgIpc) is 1.59. The van der Waals surface area contributed by atoms with Gasteiger partial charge in [-0.1, -0.05) is 11.9 Å². The van der Waals surface area contributed by atoms with Gasteiger partial charge >= 0.3 is 0 Å². The van der Waals surface area contributed by atoms with Gasteiger partial charge < -0.3 is 11.5 Å². The van der Waals surface area contributed by atoms with Gasteiger partial charge in [-0.2, -0.15) is 0 Å². The highest BCUT2D eigenvalue weighted by atomic mass is 32.2. The molecule has 50 valence electrons. The molecule has 0 rings (SSSR count). The maximum absolute atomic E-state index is 5.43. The van der Waals surface area contributed by atoms with Crippen molar-refractivity contribution in [2.45, 2.75) is 19.0 Å². The van der Waals surface area contributed by atoms with Crippen LogP contribution in [0.1, 0.15) is 13.3 Å². The highest BCUT2D eigenvalue weighted by molar-refractivity contribution is 7.97. The Bertz CT molecular complexity index is 58.8. The van der Waals surface area contributed by atoms with Gasteiger partial charge in [-0.05, 0) is 13.3 Å². The lowest BCUT2D eigenvalue weighted by Crippen LogP contribution is -2.46. The van der Waals surface area contributed by atoms with E-state index in [2.05, 4.69) is 0 Å². The monoisotopic (exact) mass is 135 g/mol. The molecule has 0 saturated carbocycles. The molecule has 0 aromatic heterocycles. The fourth-order valence-electron chi connectivity index (χ4n) is 0.279. The molecule has 0 amide bonds. The summed E-state index contributed by atoms with van der Waals surface area (Å²) in [5.41, 5.74) is 10.3. The topological polar surface area (TPSA) is 78.1 Å². The first-order valence-electron chi connectivity index (χ1n) is 2.46. The summed E-state index contributed by atoms with van der Waals surface area (Å²) in [5, 5.41) is 5.14. The molecule has 0 fully saturated rings. The Morgan fingerprint density at radius 2 is 2.00 bits per heavy atom. The Morgan fingerprint density at radius 1 is 1.50 bits per heavy atom. The Hall–Kier alpha value is 0.230. The summed E-state index contributed by atoms with van der Waals surface area (Å²) < 4.78 is 0. The van der Waals surface area contributed by atoms with Crippen molar-refractivity contribution in [3.8, 4) is 0 Å². The molecule has 0 atom stereocenters. The van der Waals surface area contributed by atoms with Crippen LogP contribution in [0.4, 0.5) is 0 Å². The van der Waals surface area contributed by atoms with Crippen LogP contribution in [0.25, 0.3) is 0 Å². The Kier molecular flexibility index (Phi) is 3.39. The van der Waals surface area contributed by atoms with E-state index in [1.165, 1.54) is 11.9 Å². The van der Waals surface area contributed by atoms with Crippen LogP contribution in [-0.2, 0) is 0 Å². The minimum Gasteiger partial charge on any atom is -0.314 e. The van der Waals surface area contributed by atoms with Crippen molar-refractivity contribution in [3.05, 3.63) is 0 Å². The third kappa shape index (κ3) is 6.23. The van der Waals surface area contributed by atoms with Crippen LogP contribution in [0.15, 0.2) is 0 Å². The van der Waals surface area contributed by atoms with E-state index in [9.17, 15) is 0 Å². The molecule has 0 aliphatic carbocycles. The molecule has 0 unspecified atom stereocenters. The second kappa shape index (κ2) is 3.29. The molecular formula is C4H13N3S. The summed E-state index contributed by atoms with van der Waals surface area (Å²) in [7, 11) is 0. The van der Waals surface area contributed by atoms with Gasteiger partial charge in [0.05, 0.1) is 5.66 Å². The summed E-state index contributed by atoms with van der Waals surface area (Å²) in [6.07, 6.45) is 0.758. The van der Waals surface area contributed by atoms with Gasteiger partial charge in [0.15, 0.2) is 0 Å². The Balaban J connectivity index is 3.11. The van der Waals surface area contributed by atoms with Gasteiger partial charge in [-0.15, -0.1) is 0 Å². The van der Waals surface area contributed by atoms with E-state index in [1.807, 2.05) is 0 Å². The van der Waals surface area contributed by atoms with E-state index in [-0.39, 0.29) is 0 Å². The van der Waals surface area contributed by atoms with Crippen molar-refractivity contribution >= 4 is 11.9 Å². The van der Waals surface area contributed by atoms with E-state index in [1.54, 1.807) is 6.92 Å². The van der Waals surface area contributed by atoms with Crippen molar-refractivity contribution in [3.63, 3.8) is 0 Å². The molecule has 0 aliphatic heterocycles. The van der Waals surface area contributed by atoms with Crippen LogP contribution in [0, 0.1) is 0 Å². The van der Waals surface area contributed by atoms with Crippen molar-refractivity contribution in [2.75, 3.05) is 5.75 Å². The van der Waals surface area contributed by atoms with Gasteiger partial charge in [0.1, 0.15) is 0 Å². The molecule has 0 bridgehead atoms. The molecule has 0 spiro atoms. The standard InChI is InChI=1S/C4H13N3S/c1-4(5,6)2-3-8-7/h2-3,5-7H2,1H3. The Labute approximate surface area is 54.1 Å². The average molecular weight is 135 g/mol. The van der Waals surface area contributed by atoms with E-state index in [4.69, 9.17) is 16.6 Å². The lowest BCUT2D eigenvalue weighted by molar-refractivity contribution is 0.477. The highest BCUT2D eigenvalue weighted by Gasteiger charge is 2.08. The quantitative estimate of drug-likeness (QED) is 0.364. The first kappa shape index (κ1) is 8.23. The van der Waals surface area contributed by atoms with Gasteiger partial charge in [0.2, 0.25) is 0 Å². The summed E-state index contributed by atoms with van der Waals surface area (Å²) in [5.74, 6) is 0.823. The molecule has 0 saturated heterocycles. The SMILES string of the molecule is CC(N)(N)CCSN. The molecule has 3 nitrogen and oxygen atoms in total. The predicted molar refractivity (Wildman–Crippen MR) is 38.0 cm³/mol. The zero-order valence-electron chi connectivity index (χ0n) is 5.05. The fraction of sp³-hybridized carbons (Fsp3) is 1.00. The Morgan fingerprint density at radius 3 is 2.12 bits per heavy atom. The molecule has 6 N–H and O–H groups in total. The second-order valence-corrected chi connectivity index (χ2v) is 2.87. The minimum atomic E-state index is -0.549. The van der Waals surface area contributed by atoms with Crippen LogP contribution in [0.3, 0.4) is 0 Å². The summed E-state index contributed by atoms with van der Waals surface area (Å²) in [6, 6.07) is 0. The minimum absolute atomic E-state index is 0.549. The van der Waals surface area contributed by atoms with Crippen LogP contribution in [-0.4, -0.2) is 11.4 Å². The largest absolute Gasteiger partial charge is 0.314 e. The predicted octanol–water partition coefficient (Wildman–Crippen LogP) is -0.383. The third-order valence-corrected chi connectivity index (χ3v) is 1.20. The molecular weight excluding hydrogens is 122 g/mol. The highest BCUT2D eigenvalue weighted by Crippen LogP contribution is 1.99. The first-order chi connectivity index (χ1) is 3.56. The number of hydrogen-bond acceptors (Lipinski definition) is 4. The maximum Gasteiger partial charge on any atom is 0.0616 e. The first-order valence-corrected chi connectivity index (χ1v) is 3.50. The zero-order valence-corrected chi connectivity index (χ0v) is 5.87. The van der Waals surface area contributed by atoms with Crippen molar-refractivity contribution in [1.82, 2.24) is 0 Å². The van der Waals surface area contributed by atoms with Crippen molar-refractivity contribution in [1.29, 1.82) is 0 Å². The lowest BCUT2D eigenvalue weighted by atomic mass is 10.2. The van der Waals surface area contributed by atoms with E-state index < -0.39 is 5.66 Å². The molecule has 0 radical (unpaired) electrons. The van der Waals surface area contributed by atoms with Gasteiger partial charge in [-0.3, -0.25) is 5.14 Å². The molecule has 0 aromatic rings. The van der Waals surface area contributed by atoms with E-state index >= 15 is 0 Å². The van der Waals surface area contributed by atoms with E-state index in [0.29, 0.717) is 0 Å². The van der Waals surface area contributed by atoms with Crippen molar-refractivity contribution in [2.24, 2.45) is 16.6 Å². The van der Waals surface area contributed by atoms with Crippen LogP contribution >= 0.6 is 11.9 Å². The molecule has 0 aromatic carbocycles. The normalized spacial score (nSPS) is 12.0. The van der Waals surface area contributed by atoms with E-state index in [0.717, 1.165) is 12.2 Å². The number of nitrogens with two attached hydrogens (primary N) is 3. The fourth-order valence-corrected chi connectivity index (χ4v) is 0.837. The summed E-state index contributed by atoms with van der Waals surface area (Å²) >= 11 is 1.27.